The molecule has 1 aromatic carbocycles. The van der Waals surface area contributed by atoms with Crippen LogP contribution < -0.4 is 5.30 Å². The first kappa shape index (κ1) is 16.8. The predicted molar refractivity (Wildman–Crippen MR) is 83.5 cm³/mol. The summed E-state index contributed by atoms with van der Waals surface area (Å²) in [6.07, 6.45) is 1.78. The van der Waals surface area contributed by atoms with Crippen molar-refractivity contribution in [2.45, 2.75) is 0 Å². The summed E-state index contributed by atoms with van der Waals surface area (Å²) >= 11 is 5.83. The molecule has 0 saturated carbocycles. The quantitative estimate of drug-likeness (QED) is 0.611. The van der Waals surface area contributed by atoms with E-state index in [0.29, 0.717) is 13.9 Å². The van der Waals surface area contributed by atoms with Crippen LogP contribution in [0.1, 0.15) is 21.0 Å². The Bertz CT molecular complexity index is 957. The van der Waals surface area contributed by atoms with E-state index in [9.17, 15) is 24.4 Å². The Morgan fingerprint density at radius 1 is 0.920 bits per heavy atom. The number of carbonyl (C=O) groups is 2. The van der Waals surface area contributed by atoms with Gasteiger partial charge in [-0.25, -0.2) is 9.59 Å². The van der Waals surface area contributed by atoms with Gasteiger partial charge in [-0.15, -0.1) is 10.2 Å². The van der Waals surface area contributed by atoms with Crippen molar-refractivity contribution in [3.8, 4) is 0 Å². The molecule has 2 aromatic heterocycles. The Hall–Kier alpha value is -3.04. The minimum absolute atomic E-state index is 0.0397. The molecular formula is C12H8ClN6O5P. The van der Waals surface area contributed by atoms with Crippen LogP contribution in [-0.4, -0.2) is 51.7 Å². The van der Waals surface area contributed by atoms with Crippen molar-refractivity contribution in [3.63, 3.8) is 0 Å². The van der Waals surface area contributed by atoms with Gasteiger partial charge < -0.3 is 10.2 Å². The lowest BCUT2D eigenvalue weighted by Gasteiger charge is -2.20. The van der Waals surface area contributed by atoms with Crippen molar-refractivity contribution < 1.29 is 24.4 Å². The largest absolute Gasteiger partial charge is 0.476 e. The number of aromatic carboxylic acids is 2. The van der Waals surface area contributed by atoms with Crippen LogP contribution in [0, 0.1) is 0 Å². The van der Waals surface area contributed by atoms with Crippen LogP contribution >= 0.6 is 19.0 Å². The van der Waals surface area contributed by atoms with Crippen LogP contribution in [-0.2, 0) is 4.57 Å². The van der Waals surface area contributed by atoms with E-state index in [-0.39, 0.29) is 5.30 Å². The summed E-state index contributed by atoms with van der Waals surface area (Å²) in [5.74, 6) is -2.90. The van der Waals surface area contributed by atoms with E-state index in [1.807, 2.05) is 0 Å². The molecule has 0 fully saturated rings. The summed E-state index contributed by atoms with van der Waals surface area (Å²) in [4.78, 5) is 22.8. The van der Waals surface area contributed by atoms with Gasteiger partial charge in [-0.3, -0.25) is 4.57 Å². The second-order valence-corrected chi connectivity index (χ2v) is 7.45. The number of carboxylic acids is 2. The molecule has 3 rings (SSSR count). The van der Waals surface area contributed by atoms with Gasteiger partial charge >= 0.3 is 19.4 Å². The van der Waals surface area contributed by atoms with Crippen LogP contribution in [0.2, 0.25) is 5.02 Å². The maximum atomic E-state index is 13.9. The first-order valence-electron chi connectivity index (χ1n) is 6.51. The molecule has 3 aromatic rings. The maximum absolute atomic E-state index is 13.9. The smallest absolute Gasteiger partial charge is 0.356 e. The van der Waals surface area contributed by atoms with Crippen LogP contribution in [0.4, 0.5) is 0 Å². The van der Waals surface area contributed by atoms with Crippen molar-refractivity contribution in [1.29, 1.82) is 0 Å². The van der Waals surface area contributed by atoms with E-state index < -0.39 is 30.8 Å². The Labute approximate surface area is 143 Å². The normalized spacial score (nSPS) is 11.4. The van der Waals surface area contributed by atoms with Crippen molar-refractivity contribution in [2.24, 2.45) is 0 Å². The monoisotopic (exact) mass is 382 g/mol. The van der Waals surface area contributed by atoms with Gasteiger partial charge in [-0.2, -0.15) is 8.90 Å². The fourth-order valence-corrected chi connectivity index (χ4v) is 4.50. The molecule has 11 nitrogen and oxygen atoms in total. The van der Waals surface area contributed by atoms with Crippen molar-refractivity contribution in [2.75, 3.05) is 0 Å². The Morgan fingerprint density at radius 2 is 1.36 bits per heavy atom. The van der Waals surface area contributed by atoms with Gasteiger partial charge in [0.2, 0.25) is 0 Å². The molecule has 128 valence electrons. The third kappa shape index (κ3) is 2.69. The number of carboxylic acid groups (broad SMARTS) is 2. The predicted octanol–water partition coefficient (Wildman–Crippen LogP) is 0.834. The van der Waals surface area contributed by atoms with E-state index in [1.54, 1.807) is 0 Å². The second kappa shape index (κ2) is 6.11. The summed E-state index contributed by atoms with van der Waals surface area (Å²) in [5.41, 5.74) is -1.02. The van der Waals surface area contributed by atoms with Crippen LogP contribution in [0.15, 0.2) is 36.7 Å². The molecule has 0 radical (unpaired) electrons. The van der Waals surface area contributed by atoms with Gasteiger partial charge in [0.05, 0.1) is 17.7 Å². The summed E-state index contributed by atoms with van der Waals surface area (Å²) in [7, 11) is -4.22. The lowest BCUT2D eigenvalue weighted by molar-refractivity contribution is 0.0679. The number of aromatic nitrogens is 6. The third-order valence-corrected chi connectivity index (χ3v) is 6.02. The highest BCUT2D eigenvalue weighted by Crippen LogP contribution is 2.47. The number of nitrogens with zero attached hydrogens (tertiary/aromatic N) is 6. The first-order valence-corrected chi connectivity index (χ1v) is 8.50. The highest BCUT2D eigenvalue weighted by atomic mass is 35.5. The van der Waals surface area contributed by atoms with Crippen LogP contribution in [0.5, 0.6) is 0 Å². The number of rotatable bonds is 5. The van der Waals surface area contributed by atoms with Gasteiger partial charge in [0.25, 0.3) is 0 Å². The van der Waals surface area contributed by atoms with E-state index in [2.05, 4.69) is 20.6 Å². The molecule has 0 bridgehead atoms. The molecule has 0 aliphatic rings. The Kier molecular flexibility index (Phi) is 4.11. The molecule has 0 unspecified atom stereocenters. The highest BCUT2D eigenvalue weighted by Gasteiger charge is 2.39. The number of hydrogen-bond donors (Lipinski definition) is 2. The van der Waals surface area contributed by atoms with E-state index in [0.717, 1.165) is 12.4 Å². The minimum Gasteiger partial charge on any atom is -0.476 e. The van der Waals surface area contributed by atoms with Crippen LogP contribution in [0.3, 0.4) is 0 Å². The third-order valence-electron chi connectivity index (χ3n) is 3.18. The van der Waals surface area contributed by atoms with Gasteiger partial charge in [-0.05, 0) is 24.3 Å². The highest BCUT2D eigenvalue weighted by molar-refractivity contribution is 7.68. The molecule has 13 heteroatoms. The zero-order chi connectivity index (χ0) is 18.2. The van der Waals surface area contributed by atoms with Crippen molar-refractivity contribution >= 4 is 36.3 Å². The molecule has 0 aliphatic carbocycles. The summed E-state index contributed by atoms with van der Waals surface area (Å²) in [6.45, 7) is 0. The molecule has 0 aliphatic heterocycles. The Morgan fingerprint density at radius 3 is 1.76 bits per heavy atom. The topological polar surface area (TPSA) is 153 Å². The minimum atomic E-state index is -4.22. The molecule has 0 spiro atoms. The summed E-state index contributed by atoms with van der Waals surface area (Å²) in [5, 5.41) is 33.0. The zero-order valence-corrected chi connectivity index (χ0v) is 13.7. The average molecular weight is 383 g/mol. The fourth-order valence-electron chi connectivity index (χ4n) is 2.07. The fraction of sp³-hybridized carbons (Fsp3) is 0. The second-order valence-electron chi connectivity index (χ2n) is 4.65. The molecule has 0 amide bonds. The van der Waals surface area contributed by atoms with Crippen molar-refractivity contribution in [1.82, 2.24) is 29.5 Å². The Balaban J connectivity index is 2.36. The number of hydrogen-bond acceptors (Lipinski definition) is 7. The van der Waals surface area contributed by atoms with E-state index >= 15 is 0 Å². The SMILES string of the molecule is O=C(O)c1cnnn1P(=O)(c1ccc(Cl)cc1)n1nncc1C(=O)O. The molecule has 25 heavy (non-hydrogen) atoms. The van der Waals surface area contributed by atoms with Gasteiger partial charge in [0.1, 0.15) is 0 Å². The molecule has 2 N–H and O–H groups in total. The van der Waals surface area contributed by atoms with Gasteiger partial charge in [0, 0.05) is 5.02 Å². The van der Waals surface area contributed by atoms with Gasteiger partial charge in [-0.1, -0.05) is 22.0 Å². The standard InChI is InChI=1S/C12H8ClN6O5P/c13-7-1-3-8(4-2-7)25(24,18-9(11(20)21)5-14-16-18)19-10(12(22)23)6-15-17-19/h1-6H,(H,20,21)(H,22,23). The zero-order valence-electron chi connectivity index (χ0n) is 12.1. The number of halogens is 1. The lowest BCUT2D eigenvalue weighted by atomic mass is 10.4. The number of benzene rings is 1. The molecule has 2 heterocycles. The molecular weight excluding hydrogens is 375 g/mol. The van der Waals surface area contributed by atoms with E-state index in [4.69, 9.17) is 11.6 Å². The molecule has 0 saturated heterocycles. The van der Waals surface area contributed by atoms with Crippen molar-refractivity contribution in [3.05, 3.63) is 53.1 Å². The first-order chi connectivity index (χ1) is 11.9. The summed E-state index contributed by atoms with van der Waals surface area (Å²) in [6, 6.07) is 5.53. The maximum Gasteiger partial charge on any atom is 0.356 e. The van der Waals surface area contributed by atoms with E-state index in [1.165, 1.54) is 24.3 Å². The lowest BCUT2D eigenvalue weighted by Crippen LogP contribution is -2.25. The average Bonchev–Trinajstić information content (AvgIpc) is 3.24. The van der Waals surface area contributed by atoms with Crippen LogP contribution in [0.25, 0.3) is 0 Å². The van der Waals surface area contributed by atoms with Gasteiger partial charge in [0.15, 0.2) is 11.4 Å². The summed E-state index contributed by atoms with van der Waals surface area (Å²) < 4.78 is 15.1. The molecule has 0 atom stereocenters.